The van der Waals surface area contributed by atoms with E-state index in [9.17, 15) is 18.0 Å². The number of nitrogens with zero attached hydrogens (tertiary/aromatic N) is 1. The van der Waals surface area contributed by atoms with Gasteiger partial charge >= 0.3 is 5.97 Å². The molecule has 0 radical (unpaired) electrons. The molecule has 0 heterocycles. The van der Waals surface area contributed by atoms with Crippen molar-refractivity contribution in [1.29, 1.82) is 0 Å². The number of sulfonamides is 1. The van der Waals surface area contributed by atoms with E-state index in [1.54, 1.807) is 39.0 Å². The van der Waals surface area contributed by atoms with Crippen molar-refractivity contribution in [3.05, 3.63) is 63.6 Å². The summed E-state index contributed by atoms with van der Waals surface area (Å²) >= 11 is 12.0. The van der Waals surface area contributed by atoms with Crippen LogP contribution in [0.4, 0.5) is 0 Å². The first kappa shape index (κ1) is 25.1. The lowest BCUT2D eigenvalue weighted by molar-refractivity contribution is -0.124. The second-order valence-electron chi connectivity index (χ2n) is 6.64. The molecule has 0 unspecified atom stereocenters. The van der Waals surface area contributed by atoms with Crippen LogP contribution in [0.2, 0.25) is 10.0 Å². The molecule has 0 aliphatic carbocycles. The average molecular weight is 487 g/mol. The molecule has 10 heteroatoms. The van der Waals surface area contributed by atoms with Gasteiger partial charge in [0.15, 0.2) is 6.61 Å². The van der Waals surface area contributed by atoms with E-state index in [4.69, 9.17) is 27.9 Å². The molecule has 0 aliphatic rings. The Morgan fingerprint density at radius 1 is 1.06 bits per heavy atom. The maximum atomic E-state index is 12.5. The Hall–Kier alpha value is -2.13. The fourth-order valence-electron chi connectivity index (χ4n) is 2.90. The lowest BCUT2D eigenvalue weighted by atomic mass is 10.1. The number of carbonyl (C=O) groups is 2. The highest BCUT2D eigenvalue weighted by Gasteiger charge is 2.22. The number of hydrogen-bond donors (Lipinski definition) is 1. The average Bonchev–Trinajstić information content (AvgIpc) is 2.72. The minimum atomic E-state index is -3.62. The van der Waals surface area contributed by atoms with Crippen molar-refractivity contribution in [2.45, 2.75) is 31.7 Å². The predicted octanol–water partition coefficient (Wildman–Crippen LogP) is 4.06. The molecule has 31 heavy (non-hydrogen) atoms. The molecule has 7 nitrogen and oxygen atoms in total. The van der Waals surface area contributed by atoms with Gasteiger partial charge in [-0.1, -0.05) is 43.1 Å². The van der Waals surface area contributed by atoms with E-state index in [0.29, 0.717) is 28.7 Å². The van der Waals surface area contributed by atoms with Crippen LogP contribution in [0, 0.1) is 0 Å². The maximum absolute atomic E-state index is 12.5. The Morgan fingerprint density at radius 3 is 2.23 bits per heavy atom. The van der Waals surface area contributed by atoms with Crippen molar-refractivity contribution in [1.82, 2.24) is 9.62 Å². The van der Waals surface area contributed by atoms with Crippen LogP contribution in [0.3, 0.4) is 0 Å². The van der Waals surface area contributed by atoms with Crippen molar-refractivity contribution in [2.75, 3.05) is 19.7 Å². The summed E-state index contributed by atoms with van der Waals surface area (Å²) in [5, 5.41) is 3.59. The molecule has 0 saturated carbocycles. The summed E-state index contributed by atoms with van der Waals surface area (Å²) in [7, 11) is -3.62. The smallest absolute Gasteiger partial charge is 0.338 e. The van der Waals surface area contributed by atoms with Crippen molar-refractivity contribution in [3.63, 3.8) is 0 Å². The van der Waals surface area contributed by atoms with E-state index in [1.165, 1.54) is 28.6 Å². The first-order valence-corrected chi connectivity index (χ1v) is 11.8. The van der Waals surface area contributed by atoms with Crippen LogP contribution in [0.25, 0.3) is 0 Å². The maximum Gasteiger partial charge on any atom is 0.338 e. The van der Waals surface area contributed by atoms with E-state index in [0.717, 1.165) is 0 Å². The van der Waals surface area contributed by atoms with E-state index >= 15 is 0 Å². The standard InChI is InChI=1S/C21H24Cl2N2O5S/c1-4-25(5-2)31(28,29)17-9-6-15(7-10-17)21(27)30-13-20(26)24-14(3)18-11-8-16(22)12-19(18)23/h6-12,14H,4-5,13H2,1-3H3,(H,24,26)/t14-/m1/s1. The van der Waals surface area contributed by atoms with Crippen molar-refractivity contribution >= 4 is 45.1 Å². The number of nitrogens with one attached hydrogen (secondary N) is 1. The molecule has 2 aromatic rings. The van der Waals surface area contributed by atoms with Crippen molar-refractivity contribution in [2.24, 2.45) is 0 Å². The summed E-state index contributed by atoms with van der Waals surface area (Å²) in [5.74, 6) is -1.24. The largest absolute Gasteiger partial charge is 0.452 e. The lowest BCUT2D eigenvalue weighted by Gasteiger charge is -2.18. The number of esters is 1. The third kappa shape index (κ3) is 6.43. The van der Waals surface area contributed by atoms with Crippen molar-refractivity contribution in [3.8, 4) is 0 Å². The van der Waals surface area contributed by atoms with Gasteiger partial charge in [0.25, 0.3) is 5.91 Å². The molecule has 0 aliphatic heterocycles. The highest BCUT2D eigenvalue weighted by molar-refractivity contribution is 7.89. The third-order valence-corrected chi connectivity index (χ3v) is 7.20. The molecule has 2 aromatic carbocycles. The normalized spacial score (nSPS) is 12.5. The second kappa shape index (κ2) is 10.9. The zero-order valence-corrected chi connectivity index (χ0v) is 19.7. The number of carbonyl (C=O) groups excluding carboxylic acids is 2. The molecule has 0 fully saturated rings. The molecule has 168 valence electrons. The molecule has 2 rings (SSSR count). The first-order valence-electron chi connectivity index (χ1n) is 9.61. The van der Waals surface area contributed by atoms with Crippen LogP contribution >= 0.6 is 23.2 Å². The van der Waals surface area contributed by atoms with Crippen LogP contribution in [0.1, 0.15) is 42.7 Å². The van der Waals surface area contributed by atoms with Gasteiger partial charge < -0.3 is 10.1 Å². The molecule has 1 N–H and O–H groups in total. The lowest BCUT2D eigenvalue weighted by Crippen LogP contribution is -2.31. The molecule has 0 spiro atoms. The minimum Gasteiger partial charge on any atom is -0.452 e. The van der Waals surface area contributed by atoms with Gasteiger partial charge in [0, 0.05) is 23.1 Å². The van der Waals surface area contributed by atoms with Crippen LogP contribution in [-0.2, 0) is 19.6 Å². The molecule has 1 atom stereocenters. The summed E-state index contributed by atoms with van der Waals surface area (Å²) in [4.78, 5) is 24.4. The summed E-state index contributed by atoms with van der Waals surface area (Å²) in [6, 6.07) is 9.92. The topological polar surface area (TPSA) is 92.8 Å². The SMILES string of the molecule is CCN(CC)S(=O)(=O)c1ccc(C(=O)OCC(=O)N[C@H](C)c2ccc(Cl)cc2Cl)cc1. The van der Waals surface area contributed by atoms with E-state index in [-0.39, 0.29) is 10.5 Å². The van der Waals surface area contributed by atoms with E-state index in [2.05, 4.69) is 5.32 Å². The van der Waals surface area contributed by atoms with E-state index < -0.39 is 34.5 Å². The van der Waals surface area contributed by atoms with Crippen LogP contribution in [0.5, 0.6) is 0 Å². The Bertz CT molecular complexity index is 1040. The molecule has 1 amide bonds. The van der Waals surface area contributed by atoms with Gasteiger partial charge in [-0.25, -0.2) is 13.2 Å². The van der Waals surface area contributed by atoms with Gasteiger partial charge in [-0.15, -0.1) is 0 Å². The highest BCUT2D eigenvalue weighted by atomic mass is 35.5. The first-order chi connectivity index (χ1) is 14.6. The number of rotatable bonds is 9. The zero-order chi connectivity index (χ0) is 23.2. The van der Waals surface area contributed by atoms with Gasteiger partial charge in [0.1, 0.15) is 0 Å². The van der Waals surface area contributed by atoms with Gasteiger partial charge in [-0.05, 0) is 48.9 Å². The van der Waals surface area contributed by atoms with Gasteiger partial charge in [0.2, 0.25) is 10.0 Å². The zero-order valence-electron chi connectivity index (χ0n) is 17.4. The van der Waals surface area contributed by atoms with Gasteiger partial charge in [-0.2, -0.15) is 4.31 Å². The Kier molecular flexibility index (Phi) is 8.88. The number of ether oxygens (including phenoxy) is 1. The Morgan fingerprint density at radius 2 is 1.68 bits per heavy atom. The van der Waals surface area contributed by atoms with Crippen molar-refractivity contribution < 1.29 is 22.7 Å². The number of amides is 1. The van der Waals surface area contributed by atoms with Crippen LogP contribution in [-0.4, -0.2) is 44.3 Å². The van der Waals surface area contributed by atoms with E-state index in [1.807, 2.05) is 0 Å². The molecule has 0 saturated heterocycles. The van der Waals surface area contributed by atoms with Crippen LogP contribution < -0.4 is 5.32 Å². The predicted molar refractivity (Wildman–Crippen MR) is 120 cm³/mol. The fourth-order valence-corrected chi connectivity index (χ4v) is 4.93. The fraction of sp³-hybridized carbons (Fsp3) is 0.333. The molecular formula is C21H24Cl2N2O5S. The highest BCUT2D eigenvalue weighted by Crippen LogP contribution is 2.26. The van der Waals surface area contributed by atoms with Gasteiger partial charge in [0.05, 0.1) is 16.5 Å². The summed E-state index contributed by atoms with van der Waals surface area (Å²) in [5.41, 5.74) is 0.816. The number of hydrogen-bond acceptors (Lipinski definition) is 5. The quantitative estimate of drug-likeness (QED) is 0.539. The molecular weight excluding hydrogens is 463 g/mol. The van der Waals surface area contributed by atoms with Crippen LogP contribution in [0.15, 0.2) is 47.4 Å². The summed E-state index contributed by atoms with van der Waals surface area (Å²) in [6.45, 7) is 5.44. The monoisotopic (exact) mass is 486 g/mol. The molecule has 0 bridgehead atoms. The number of benzene rings is 2. The summed E-state index contributed by atoms with van der Waals surface area (Å²) in [6.07, 6.45) is 0. The third-order valence-electron chi connectivity index (χ3n) is 4.57. The molecule has 0 aromatic heterocycles. The Labute approximate surface area is 192 Å². The number of halogens is 2. The van der Waals surface area contributed by atoms with Gasteiger partial charge in [-0.3, -0.25) is 4.79 Å². The minimum absolute atomic E-state index is 0.0826. The second-order valence-corrected chi connectivity index (χ2v) is 9.43. The summed E-state index contributed by atoms with van der Waals surface area (Å²) < 4.78 is 31.3. The Balaban J connectivity index is 1.95.